The molecule has 0 saturated carbocycles. The van der Waals surface area contributed by atoms with Gasteiger partial charge in [-0.15, -0.1) is 0 Å². The highest BCUT2D eigenvalue weighted by atomic mass is 19.1. The van der Waals surface area contributed by atoms with Crippen LogP contribution in [0.2, 0.25) is 0 Å². The Morgan fingerprint density at radius 1 is 1.42 bits per heavy atom. The maximum atomic E-state index is 14.9. The van der Waals surface area contributed by atoms with Gasteiger partial charge in [0.2, 0.25) is 5.91 Å². The molecule has 1 aromatic rings. The largest absolute Gasteiger partial charge is 0.395 e. The van der Waals surface area contributed by atoms with Crippen LogP contribution >= 0.6 is 0 Å². The molecule has 0 aliphatic carbocycles. The van der Waals surface area contributed by atoms with Gasteiger partial charge in [0.25, 0.3) is 0 Å². The Labute approximate surface area is 142 Å². The summed E-state index contributed by atoms with van der Waals surface area (Å²) >= 11 is 0. The molecule has 0 spiro atoms. The molecule has 2 rings (SSSR count). The molecule has 1 aliphatic heterocycles. The predicted octanol–water partition coefficient (Wildman–Crippen LogP) is 0.937. The van der Waals surface area contributed by atoms with Gasteiger partial charge in [0.05, 0.1) is 18.2 Å². The van der Waals surface area contributed by atoms with E-state index in [1.54, 1.807) is 6.92 Å². The van der Waals surface area contributed by atoms with E-state index >= 15 is 0 Å². The van der Waals surface area contributed by atoms with Crippen LogP contribution in [0.15, 0.2) is 30.3 Å². The summed E-state index contributed by atoms with van der Waals surface area (Å²) in [5.74, 6) is -0.242. The minimum Gasteiger partial charge on any atom is -0.395 e. The van der Waals surface area contributed by atoms with E-state index in [2.05, 4.69) is 10.6 Å². The summed E-state index contributed by atoms with van der Waals surface area (Å²) in [5, 5.41) is 25.1. The highest BCUT2D eigenvalue weighted by Gasteiger charge is 2.49. The first-order chi connectivity index (χ1) is 11.5. The fourth-order valence-corrected chi connectivity index (χ4v) is 3.26. The molecule has 0 aromatic heterocycles. The lowest BCUT2D eigenvalue weighted by Gasteiger charge is -2.46. The number of carbonyl (C=O) groups is 1. The molecule has 1 amide bonds. The van der Waals surface area contributed by atoms with Crippen LogP contribution in [0.3, 0.4) is 0 Å². The monoisotopic (exact) mass is 338 g/mol. The summed E-state index contributed by atoms with van der Waals surface area (Å²) in [6.45, 7) is 1.56. The molecule has 1 aromatic carbocycles. The quantitative estimate of drug-likeness (QED) is 0.596. The Morgan fingerprint density at radius 3 is 2.75 bits per heavy atom. The summed E-state index contributed by atoms with van der Waals surface area (Å²) in [6.07, 6.45) is -0.840. The fraction of sp³-hybridized carbons (Fsp3) is 0.611. The molecule has 4 N–H and O–H groups in total. The first-order valence-corrected chi connectivity index (χ1v) is 8.53. The third-order valence-corrected chi connectivity index (χ3v) is 4.76. The molecule has 24 heavy (non-hydrogen) atoms. The Morgan fingerprint density at radius 2 is 2.12 bits per heavy atom. The fourth-order valence-electron chi connectivity index (χ4n) is 3.26. The highest BCUT2D eigenvalue weighted by Crippen LogP contribution is 2.29. The molecular weight excluding hydrogens is 311 g/mol. The number of halogens is 1. The Balaban J connectivity index is 2.07. The number of hydrogen-bond acceptors (Lipinski definition) is 4. The normalized spacial score (nSPS) is 30.1. The molecule has 0 bridgehead atoms. The lowest BCUT2D eigenvalue weighted by molar-refractivity contribution is -0.127. The molecule has 5 nitrogen and oxygen atoms in total. The lowest BCUT2D eigenvalue weighted by atomic mass is 9.79. The molecule has 1 aliphatic rings. The third-order valence-electron chi connectivity index (χ3n) is 4.76. The van der Waals surface area contributed by atoms with E-state index in [1.807, 2.05) is 30.3 Å². The van der Waals surface area contributed by atoms with Crippen LogP contribution in [-0.4, -0.2) is 53.1 Å². The number of piperidine rings is 1. The standard InChI is InChI=1S/C18H27FN2O3/c1-2-15(23)21-18(10-6-9-13-7-4-3-5-8-13)12-20-14(11-22)16(24)17(18)19/h3-5,7-8,14,16-17,20,22,24H,2,6,9-12H2,1H3,(H,21,23)/t14-,16-,17+,18+/m1/s1. The second-order valence-electron chi connectivity index (χ2n) is 6.46. The zero-order chi connectivity index (χ0) is 17.6. The van der Waals surface area contributed by atoms with Gasteiger partial charge < -0.3 is 20.8 Å². The van der Waals surface area contributed by atoms with E-state index in [9.17, 15) is 19.4 Å². The molecule has 1 heterocycles. The minimum absolute atomic E-state index is 0.191. The van der Waals surface area contributed by atoms with Crippen molar-refractivity contribution in [2.24, 2.45) is 0 Å². The van der Waals surface area contributed by atoms with Gasteiger partial charge in [-0.3, -0.25) is 4.79 Å². The predicted molar refractivity (Wildman–Crippen MR) is 90.3 cm³/mol. The van der Waals surface area contributed by atoms with Gasteiger partial charge >= 0.3 is 0 Å². The molecule has 134 valence electrons. The number of rotatable bonds is 7. The summed E-state index contributed by atoms with van der Waals surface area (Å²) in [7, 11) is 0. The number of amides is 1. The van der Waals surface area contributed by atoms with Crippen molar-refractivity contribution in [1.29, 1.82) is 0 Å². The van der Waals surface area contributed by atoms with Gasteiger partial charge in [0.1, 0.15) is 6.10 Å². The number of alkyl halides is 1. The average Bonchev–Trinajstić information content (AvgIpc) is 2.60. The average molecular weight is 338 g/mol. The first kappa shape index (κ1) is 18.8. The van der Waals surface area contributed by atoms with Crippen LogP contribution in [0.4, 0.5) is 4.39 Å². The Bertz CT molecular complexity index is 528. The van der Waals surface area contributed by atoms with Crippen LogP contribution < -0.4 is 10.6 Å². The SMILES string of the molecule is CCC(=O)N[C@@]1(CCCc2ccccc2)CN[C@H](CO)[C@@H](O)[C@@H]1F. The third kappa shape index (κ3) is 4.32. The van der Waals surface area contributed by atoms with Crippen molar-refractivity contribution in [3.05, 3.63) is 35.9 Å². The van der Waals surface area contributed by atoms with Crippen molar-refractivity contribution in [3.63, 3.8) is 0 Å². The highest BCUT2D eigenvalue weighted by molar-refractivity contribution is 5.76. The second kappa shape index (κ2) is 8.55. The molecule has 6 heteroatoms. The van der Waals surface area contributed by atoms with E-state index in [-0.39, 0.29) is 25.5 Å². The van der Waals surface area contributed by atoms with Crippen molar-refractivity contribution in [2.45, 2.75) is 56.5 Å². The molecule has 1 fully saturated rings. The van der Waals surface area contributed by atoms with Gasteiger partial charge in [0, 0.05) is 13.0 Å². The van der Waals surface area contributed by atoms with Crippen molar-refractivity contribution in [1.82, 2.24) is 10.6 Å². The maximum Gasteiger partial charge on any atom is 0.220 e. The van der Waals surface area contributed by atoms with Crippen LogP contribution in [0.1, 0.15) is 31.7 Å². The van der Waals surface area contributed by atoms with Crippen LogP contribution in [0.25, 0.3) is 0 Å². The molecule has 0 unspecified atom stereocenters. The van der Waals surface area contributed by atoms with Gasteiger partial charge in [-0.05, 0) is 24.8 Å². The summed E-state index contributed by atoms with van der Waals surface area (Å²) in [5.41, 5.74) is 0.00915. The van der Waals surface area contributed by atoms with Crippen LogP contribution in [0.5, 0.6) is 0 Å². The zero-order valence-corrected chi connectivity index (χ0v) is 14.0. The Hall–Kier alpha value is -1.50. The van der Waals surface area contributed by atoms with Gasteiger partial charge in [-0.25, -0.2) is 4.39 Å². The van der Waals surface area contributed by atoms with Crippen molar-refractivity contribution >= 4 is 5.91 Å². The van der Waals surface area contributed by atoms with Crippen molar-refractivity contribution in [3.8, 4) is 0 Å². The molecular formula is C18H27FN2O3. The summed E-state index contributed by atoms with van der Waals surface area (Å²) in [4.78, 5) is 11.9. The van der Waals surface area contributed by atoms with E-state index in [4.69, 9.17) is 0 Å². The zero-order valence-electron chi connectivity index (χ0n) is 14.0. The van der Waals surface area contributed by atoms with Crippen LogP contribution in [0, 0.1) is 0 Å². The number of nitrogens with one attached hydrogen (secondary N) is 2. The van der Waals surface area contributed by atoms with E-state index in [0.29, 0.717) is 12.8 Å². The van der Waals surface area contributed by atoms with Gasteiger partial charge in [-0.1, -0.05) is 37.3 Å². The molecule has 4 atom stereocenters. The molecule has 1 saturated heterocycles. The lowest BCUT2D eigenvalue weighted by Crippen LogP contribution is -2.72. The smallest absolute Gasteiger partial charge is 0.220 e. The number of carbonyl (C=O) groups excluding carboxylic acids is 1. The maximum absolute atomic E-state index is 14.9. The first-order valence-electron chi connectivity index (χ1n) is 8.53. The number of benzene rings is 1. The molecule has 0 radical (unpaired) electrons. The summed E-state index contributed by atoms with van der Waals surface area (Å²) < 4.78 is 14.9. The topological polar surface area (TPSA) is 81.6 Å². The second-order valence-corrected chi connectivity index (χ2v) is 6.46. The number of aliphatic hydroxyl groups is 2. The van der Waals surface area contributed by atoms with E-state index in [0.717, 1.165) is 12.0 Å². The summed E-state index contributed by atoms with van der Waals surface area (Å²) in [6, 6.07) is 9.18. The van der Waals surface area contributed by atoms with E-state index in [1.165, 1.54) is 0 Å². The van der Waals surface area contributed by atoms with E-state index < -0.39 is 23.9 Å². The number of hydrogen-bond donors (Lipinski definition) is 4. The minimum atomic E-state index is -1.62. The Kier molecular flexibility index (Phi) is 6.71. The van der Waals surface area contributed by atoms with Gasteiger partial charge in [-0.2, -0.15) is 0 Å². The number of aliphatic hydroxyl groups excluding tert-OH is 2. The van der Waals surface area contributed by atoms with Gasteiger partial charge in [0.15, 0.2) is 6.17 Å². The number of aryl methyl sites for hydroxylation is 1. The van der Waals surface area contributed by atoms with Crippen molar-refractivity contribution < 1.29 is 19.4 Å². The van der Waals surface area contributed by atoms with Crippen LogP contribution in [-0.2, 0) is 11.2 Å². The van der Waals surface area contributed by atoms with Crippen molar-refractivity contribution in [2.75, 3.05) is 13.2 Å².